The van der Waals surface area contributed by atoms with Crippen molar-refractivity contribution >= 4 is 22.2 Å². The molecule has 1 N–H and O–H groups in total. The lowest BCUT2D eigenvalue weighted by molar-refractivity contribution is 0.553. The molecule has 0 aliphatic rings. The van der Waals surface area contributed by atoms with E-state index in [1.807, 2.05) is 11.6 Å². The molecule has 3 rings (SSSR count). The molecule has 2 heterocycles. The standard InChI is InChI=1S/C17H21N3S/c1-13(2)9-18-10-14-11-20(12-17-19-7-8-21-17)16-6-4-3-5-15(14)16/h3-8,11,13,18H,9-10,12H2,1-2H3. The topological polar surface area (TPSA) is 29.9 Å². The Balaban J connectivity index is 1.86. The number of thiazole rings is 1. The van der Waals surface area contributed by atoms with Crippen LogP contribution in [0.1, 0.15) is 24.4 Å². The minimum Gasteiger partial charge on any atom is -0.340 e. The minimum absolute atomic E-state index is 0.675. The maximum absolute atomic E-state index is 4.40. The van der Waals surface area contributed by atoms with E-state index < -0.39 is 0 Å². The Bertz CT molecular complexity index is 698. The predicted octanol–water partition coefficient (Wildman–Crippen LogP) is 3.89. The van der Waals surface area contributed by atoms with Gasteiger partial charge in [-0.15, -0.1) is 11.3 Å². The second kappa shape index (κ2) is 6.41. The highest BCUT2D eigenvalue weighted by atomic mass is 32.1. The fourth-order valence-corrected chi connectivity index (χ4v) is 3.18. The normalized spacial score (nSPS) is 11.6. The molecule has 0 bridgehead atoms. The van der Waals surface area contributed by atoms with Crippen LogP contribution >= 0.6 is 11.3 Å². The van der Waals surface area contributed by atoms with E-state index in [4.69, 9.17) is 0 Å². The van der Waals surface area contributed by atoms with Crippen molar-refractivity contribution < 1.29 is 0 Å². The summed E-state index contributed by atoms with van der Waals surface area (Å²) in [6.45, 7) is 7.29. The first-order chi connectivity index (χ1) is 10.2. The summed E-state index contributed by atoms with van der Waals surface area (Å²) in [7, 11) is 0. The van der Waals surface area contributed by atoms with Crippen molar-refractivity contribution in [1.29, 1.82) is 0 Å². The first kappa shape index (κ1) is 14.3. The summed E-state index contributed by atoms with van der Waals surface area (Å²) >= 11 is 1.71. The van der Waals surface area contributed by atoms with Gasteiger partial charge in [0.15, 0.2) is 0 Å². The molecule has 0 aliphatic carbocycles. The third-order valence-corrected chi connectivity index (χ3v) is 4.29. The van der Waals surface area contributed by atoms with Crippen molar-refractivity contribution in [2.75, 3.05) is 6.54 Å². The van der Waals surface area contributed by atoms with Crippen molar-refractivity contribution in [1.82, 2.24) is 14.9 Å². The minimum atomic E-state index is 0.675. The zero-order valence-corrected chi connectivity index (χ0v) is 13.4. The van der Waals surface area contributed by atoms with E-state index in [9.17, 15) is 0 Å². The van der Waals surface area contributed by atoms with E-state index >= 15 is 0 Å². The van der Waals surface area contributed by atoms with Crippen LogP contribution in [0.25, 0.3) is 10.9 Å². The molecule has 0 amide bonds. The average molecular weight is 299 g/mol. The van der Waals surface area contributed by atoms with Crippen LogP contribution in [0.4, 0.5) is 0 Å². The second-order valence-electron chi connectivity index (χ2n) is 5.75. The maximum Gasteiger partial charge on any atom is 0.112 e. The van der Waals surface area contributed by atoms with E-state index in [2.05, 4.69) is 59.2 Å². The van der Waals surface area contributed by atoms with Crippen LogP contribution in [-0.2, 0) is 13.1 Å². The zero-order valence-electron chi connectivity index (χ0n) is 12.5. The molecule has 0 radical (unpaired) electrons. The molecule has 4 heteroatoms. The molecule has 21 heavy (non-hydrogen) atoms. The van der Waals surface area contributed by atoms with Gasteiger partial charge >= 0.3 is 0 Å². The van der Waals surface area contributed by atoms with Crippen LogP contribution in [0.2, 0.25) is 0 Å². The number of nitrogens with zero attached hydrogens (tertiary/aromatic N) is 2. The number of para-hydroxylation sites is 1. The Morgan fingerprint density at radius 3 is 2.90 bits per heavy atom. The van der Waals surface area contributed by atoms with Crippen LogP contribution in [0.5, 0.6) is 0 Å². The summed E-state index contributed by atoms with van der Waals surface area (Å²) in [5.41, 5.74) is 2.65. The maximum atomic E-state index is 4.40. The number of benzene rings is 1. The van der Waals surface area contributed by atoms with Gasteiger partial charge in [-0.2, -0.15) is 0 Å². The lowest BCUT2D eigenvalue weighted by Gasteiger charge is -2.06. The molecular weight excluding hydrogens is 278 g/mol. The first-order valence-corrected chi connectivity index (χ1v) is 8.28. The summed E-state index contributed by atoms with van der Waals surface area (Å²) in [5, 5.41) is 8.06. The predicted molar refractivity (Wildman–Crippen MR) is 89.7 cm³/mol. The van der Waals surface area contributed by atoms with Crippen LogP contribution in [0.15, 0.2) is 42.0 Å². The van der Waals surface area contributed by atoms with Crippen LogP contribution in [-0.4, -0.2) is 16.1 Å². The highest BCUT2D eigenvalue weighted by Gasteiger charge is 2.09. The number of hydrogen-bond acceptors (Lipinski definition) is 3. The third-order valence-electron chi connectivity index (χ3n) is 3.53. The van der Waals surface area contributed by atoms with Crippen LogP contribution in [0.3, 0.4) is 0 Å². The van der Waals surface area contributed by atoms with Gasteiger partial charge in [0.2, 0.25) is 0 Å². The first-order valence-electron chi connectivity index (χ1n) is 7.40. The van der Waals surface area contributed by atoms with Crippen LogP contribution in [0, 0.1) is 5.92 Å². The van der Waals surface area contributed by atoms with Gasteiger partial charge in [0.1, 0.15) is 5.01 Å². The highest BCUT2D eigenvalue weighted by molar-refractivity contribution is 7.09. The summed E-state index contributed by atoms with van der Waals surface area (Å²) < 4.78 is 2.31. The smallest absolute Gasteiger partial charge is 0.112 e. The van der Waals surface area contributed by atoms with E-state index in [0.29, 0.717) is 5.92 Å². The fourth-order valence-electron chi connectivity index (χ4n) is 2.57. The highest BCUT2D eigenvalue weighted by Crippen LogP contribution is 2.22. The van der Waals surface area contributed by atoms with Crippen molar-refractivity contribution in [2.24, 2.45) is 5.92 Å². The molecule has 0 spiro atoms. The number of fused-ring (bicyclic) bond motifs is 1. The molecule has 110 valence electrons. The summed E-state index contributed by atoms with van der Waals surface area (Å²) in [5.74, 6) is 0.675. The van der Waals surface area contributed by atoms with E-state index in [0.717, 1.165) is 24.6 Å². The Morgan fingerprint density at radius 1 is 1.29 bits per heavy atom. The van der Waals surface area contributed by atoms with Gasteiger partial charge in [0, 0.05) is 35.2 Å². The molecule has 2 aromatic heterocycles. The van der Waals surface area contributed by atoms with Gasteiger partial charge in [-0.1, -0.05) is 32.0 Å². The van der Waals surface area contributed by atoms with Crippen molar-refractivity contribution in [3.05, 3.63) is 52.6 Å². The van der Waals surface area contributed by atoms with E-state index in [1.54, 1.807) is 11.3 Å². The molecule has 0 saturated heterocycles. The van der Waals surface area contributed by atoms with Crippen LogP contribution < -0.4 is 5.32 Å². The molecule has 3 nitrogen and oxygen atoms in total. The van der Waals surface area contributed by atoms with Gasteiger partial charge in [-0.3, -0.25) is 0 Å². The average Bonchev–Trinajstić information content (AvgIpc) is 3.09. The lowest BCUT2D eigenvalue weighted by atomic mass is 10.1. The van der Waals surface area contributed by atoms with Crippen molar-refractivity contribution in [3.63, 3.8) is 0 Å². The largest absolute Gasteiger partial charge is 0.340 e. The second-order valence-corrected chi connectivity index (χ2v) is 6.73. The quantitative estimate of drug-likeness (QED) is 0.748. The lowest BCUT2D eigenvalue weighted by Crippen LogP contribution is -2.18. The number of aromatic nitrogens is 2. The monoisotopic (exact) mass is 299 g/mol. The van der Waals surface area contributed by atoms with Crippen molar-refractivity contribution in [2.45, 2.75) is 26.9 Å². The van der Waals surface area contributed by atoms with Gasteiger partial charge in [0.25, 0.3) is 0 Å². The molecule has 0 atom stereocenters. The van der Waals surface area contributed by atoms with Gasteiger partial charge in [-0.05, 0) is 24.1 Å². The summed E-state index contributed by atoms with van der Waals surface area (Å²) in [4.78, 5) is 4.40. The molecule has 0 saturated carbocycles. The molecule has 3 aromatic rings. The zero-order chi connectivity index (χ0) is 14.7. The summed E-state index contributed by atoms with van der Waals surface area (Å²) in [6.07, 6.45) is 4.14. The molecular formula is C17H21N3S. The number of nitrogens with one attached hydrogen (secondary N) is 1. The van der Waals surface area contributed by atoms with Gasteiger partial charge < -0.3 is 9.88 Å². The Morgan fingerprint density at radius 2 is 2.14 bits per heavy atom. The fraction of sp³-hybridized carbons (Fsp3) is 0.353. The van der Waals surface area contributed by atoms with Gasteiger partial charge in [0.05, 0.1) is 6.54 Å². The number of hydrogen-bond donors (Lipinski definition) is 1. The Labute approximate surface area is 129 Å². The molecule has 0 unspecified atom stereocenters. The van der Waals surface area contributed by atoms with Crippen molar-refractivity contribution in [3.8, 4) is 0 Å². The number of rotatable bonds is 6. The SMILES string of the molecule is CC(C)CNCc1cn(Cc2nccs2)c2ccccc12. The molecule has 0 fully saturated rings. The van der Waals surface area contributed by atoms with E-state index in [-0.39, 0.29) is 0 Å². The Kier molecular flexibility index (Phi) is 4.36. The van der Waals surface area contributed by atoms with E-state index in [1.165, 1.54) is 16.5 Å². The molecule has 0 aliphatic heterocycles. The Hall–Kier alpha value is -1.65. The molecule has 1 aromatic carbocycles. The summed E-state index contributed by atoms with van der Waals surface area (Å²) in [6, 6.07) is 8.61. The third kappa shape index (κ3) is 3.34. The van der Waals surface area contributed by atoms with Gasteiger partial charge in [-0.25, -0.2) is 4.98 Å².